The van der Waals surface area contributed by atoms with Crippen molar-refractivity contribution in [3.63, 3.8) is 0 Å². The summed E-state index contributed by atoms with van der Waals surface area (Å²) >= 11 is 9.45. The van der Waals surface area contributed by atoms with Crippen molar-refractivity contribution >= 4 is 27.5 Å². The van der Waals surface area contributed by atoms with Crippen LogP contribution >= 0.6 is 27.5 Å². The van der Waals surface area contributed by atoms with E-state index in [4.69, 9.17) is 16.3 Å². The summed E-state index contributed by atoms with van der Waals surface area (Å²) in [6, 6.07) is 5.69. The predicted octanol–water partition coefficient (Wildman–Crippen LogP) is 4.90. The fraction of sp³-hybridized carbons (Fsp3) is 0.600. The molecule has 1 aromatic carbocycles. The van der Waals surface area contributed by atoms with Crippen LogP contribution in [0.2, 0.25) is 5.02 Å². The molecule has 0 heterocycles. The summed E-state index contributed by atoms with van der Waals surface area (Å²) in [5.74, 6) is 1.49. The number of unbranched alkanes of at least 4 members (excludes halogenated alkanes) is 2. The van der Waals surface area contributed by atoms with Gasteiger partial charge in [-0.1, -0.05) is 41.4 Å². The summed E-state index contributed by atoms with van der Waals surface area (Å²) in [6.45, 7) is 7.37. The Morgan fingerprint density at radius 1 is 1.26 bits per heavy atom. The second kappa shape index (κ2) is 9.62. The number of nitrogens with one attached hydrogen (secondary N) is 1. The lowest BCUT2D eigenvalue weighted by molar-refractivity contribution is 0.305. The Labute approximate surface area is 130 Å². The average molecular weight is 349 g/mol. The standard InChI is InChI=1S/C15H23BrClNO/c1-12(2)11-18-8-4-3-5-9-19-15-7-6-13(16)10-14(15)17/h6-7,10,12,18H,3-5,8-9,11H2,1-2H3. The summed E-state index contributed by atoms with van der Waals surface area (Å²) in [6.07, 6.45) is 3.44. The van der Waals surface area contributed by atoms with E-state index < -0.39 is 0 Å². The first kappa shape index (κ1) is 16.8. The maximum atomic E-state index is 6.08. The first-order valence-electron chi connectivity index (χ1n) is 6.88. The van der Waals surface area contributed by atoms with Gasteiger partial charge in [-0.2, -0.15) is 0 Å². The Morgan fingerprint density at radius 3 is 2.74 bits per heavy atom. The molecule has 0 fully saturated rings. The van der Waals surface area contributed by atoms with Crippen LogP contribution in [0.5, 0.6) is 5.75 Å². The third-order valence-electron chi connectivity index (χ3n) is 2.70. The highest BCUT2D eigenvalue weighted by molar-refractivity contribution is 9.10. The smallest absolute Gasteiger partial charge is 0.137 e. The summed E-state index contributed by atoms with van der Waals surface area (Å²) < 4.78 is 6.64. The van der Waals surface area contributed by atoms with Gasteiger partial charge in [0.25, 0.3) is 0 Å². The SMILES string of the molecule is CC(C)CNCCCCCOc1ccc(Br)cc1Cl. The van der Waals surface area contributed by atoms with Crippen molar-refractivity contribution in [1.82, 2.24) is 5.32 Å². The molecule has 2 nitrogen and oxygen atoms in total. The number of halogens is 2. The van der Waals surface area contributed by atoms with Crippen molar-refractivity contribution in [1.29, 1.82) is 0 Å². The van der Waals surface area contributed by atoms with Gasteiger partial charge in [0, 0.05) is 4.47 Å². The molecule has 0 spiro atoms. The molecule has 0 aliphatic heterocycles. The molecule has 0 aromatic heterocycles. The summed E-state index contributed by atoms with van der Waals surface area (Å²) in [4.78, 5) is 0. The number of benzene rings is 1. The second-order valence-corrected chi connectivity index (χ2v) is 6.40. The van der Waals surface area contributed by atoms with Gasteiger partial charge in [-0.25, -0.2) is 0 Å². The largest absolute Gasteiger partial charge is 0.492 e. The van der Waals surface area contributed by atoms with Crippen LogP contribution in [0.25, 0.3) is 0 Å². The maximum Gasteiger partial charge on any atom is 0.137 e. The Morgan fingerprint density at radius 2 is 2.05 bits per heavy atom. The van der Waals surface area contributed by atoms with Crippen LogP contribution < -0.4 is 10.1 Å². The molecule has 0 saturated heterocycles. The molecule has 0 amide bonds. The summed E-state index contributed by atoms with van der Waals surface area (Å²) in [5.41, 5.74) is 0. The molecule has 0 bridgehead atoms. The Kier molecular flexibility index (Phi) is 8.51. The lowest BCUT2D eigenvalue weighted by Crippen LogP contribution is -2.20. The zero-order chi connectivity index (χ0) is 14.1. The zero-order valence-corrected chi connectivity index (χ0v) is 14.1. The van der Waals surface area contributed by atoms with Crippen LogP contribution in [0.3, 0.4) is 0 Å². The highest BCUT2D eigenvalue weighted by Crippen LogP contribution is 2.27. The van der Waals surface area contributed by atoms with Gasteiger partial charge in [-0.15, -0.1) is 0 Å². The number of hydrogen-bond donors (Lipinski definition) is 1. The minimum Gasteiger partial charge on any atom is -0.492 e. The number of ether oxygens (including phenoxy) is 1. The van der Waals surface area contributed by atoms with Crippen LogP contribution in [0.15, 0.2) is 22.7 Å². The zero-order valence-electron chi connectivity index (χ0n) is 11.7. The maximum absolute atomic E-state index is 6.08. The van der Waals surface area contributed by atoms with E-state index in [1.807, 2.05) is 18.2 Å². The topological polar surface area (TPSA) is 21.3 Å². The third-order valence-corrected chi connectivity index (χ3v) is 3.49. The van der Waals surface area contributed by atoms with Gasteiger partial charge in [0.2, 0.25) is 0 Å². The predicted molar refractivity (Wildman–Crippen MR) is 86.2 cm³/mol. The lowest BCUT2D eigenvalue weighted by Gasteiger charge is -2.09. The molecular formula is C15H23BrClNO. The van der Waals surface area contributed by atoms with Gasteiger partial charge in [0.05, 0.1) is 11.6 Å². The van der Waals surface area contributed by atoms with Crippen molar-refractivity contribution in [3.05, 3.63) is 27.7 Å². The molecule has 108 valence electrons. The molecule has 1 N–H and O–H groups in total. The van der Waals surface area contributed by atoms with Crippen molar-refractivity contribution in [2.45, 2.75) is 33.1 Å². The Hall–Kier alpha value is -0.250. The highest BCUT2D eigenvalue weighted by Gasteiger charge is 2.01. The van der Waals surface area contributed by atoms with E-state index in [1.165, 1.54) is 12.8 Å². The van der Waals surface area contributed by atoms with Crippen molar-refractivity contribution in [2.24, 2.45) is 5.92 Å². The van der Waals surface area contributed by atoms with Crippen molar-refractivity contribution in [3.8, 4) is 5.75 Å². The first-order chi connectivity index (χ1) is 9.09. The van der Waals surface area contributed by atoms with Crippen LogP contribution in [0.1, 0.15) is 33.1 Å². The van der Waals surface area contributed by atoms with Gasteiger partial charge in [0.1, 0.15) is 5.75 Å². The fourth-order valence-electron chi connectivity index (χ4n) is 1.69. The van der Waals surface area contributed by atoms with Gasteiger partial charge in [-0.05, 0) is 56.5 Å². The summed E-state index contributed by atoms with van der Waals surface area (Å²) in [5, 5.41) is 4.10. The van der Waals surface area contributed by atoms with E-state index >= 15 is 0 Å². The molecule has 0 unspecified atom stereocenters. The molecule has 19 heavy (non-hydrogen) atoms. The third kappa shape index (κ3) is 7.81. The van der Waals surface area contributed by atoms with Crippen LogP contribution in [0.4, 0.5) is 0 Å². The van der Waals surface area contributed by atoms with Gasteiger partial charge < -0.3 is 10.1 Å². The van der Waals surface area contributed by atoms with Gasteiger partial charge >= 0.3 is 0 Å². The second-order valence-electron chi connectivity index (χ2n) is 5.08. The van der Waals surface area contributed by atoms with Gasteiger partial charge in [0.15, 0.2) is 0 Å². The van der Waals surface area contributed by atoms with Crippen LogP contribution in [-0.2, 0) is 0 Å². The molecule has 1 rings (SSSR count). The molecule has 0 aliphatic rings. The van der Waals surface area contributed by atoms with Crippen LogP contribution in [0, 0.1) is 5.92 Å². The molecular weight excluding hydrogens is 326 g/mol. The number of hydrogen-bond acceptors (Lipinski definition) is 2. The van der Waals surface area contributed by atoms with Crippen molar-refractivity contribution in [2.75, 3.05) is 19.7 Å². The normalized spacial score (nSPS) is 11.0. The molecule has 0 aliphatic carbocycles. The van der Waals surface area contributed by atoms with E-state index in [1.54, 1.807) is 0 Å². The average Bonchev–Trinajstić information content (AvgIpc) is 2.34. The quantitative estimate of drug-likeness (QED) is 0.641. The highest BCUT2D eigenvalue weighted by atomic mass is 79.9. The van der Waals surface area contributed by atoms with Gasteiger partial charge in [-0.3, -0.25) is 0 Å². The minimum absolute atomic E-state index is 0.660. The van der Waals surface area contributed by atoms with E-state index in [0.717, 1.165) is 42.3 Å². The van der Waals surface area contributed by atoms with E-state index in [-0.39, 0.29) is 0 Å². The monoisotopic (exact) mass is 347 g/mol. The Balaban J connectivity index is 2.04. The van der Waals surface area contributed by atoms with E-state index in [2.05, 4.69) is 35.1 Å². The molecule has 0 atom stereocenters. The molecule has 0 radical (unpaired) electrons. The number of rotatable bonds is 9. The lowest BCUT2D eigenvalue weighted by atomic mass is 10.2. The molecule has 1 aromatic rings. The van der Waals surface area contributed by atoms with E-state index in [0.29, 0.717) is 5.02 Å². The summed E-state index contributed by atoms with van der Waals surface area (Å²) in [7, 11) is 0. The van der Waals surface area contributed by atoms with Crippen LogP contribution in [-0.4, -0.2) is 19.7 Å². The molecule has 0 saturated carbocycles. The molecule has 4 heteroatoms. The van der Waals surface area contributed by atoms with Crippen molar-refractivity contribution < 1.29 is 4.74 Å². The van der Waals surface area contributed by atoms with E-state index in [9.17, 15) is 0 Å². The Bertz CT molecular complexity index is 371. The fourth-order valence-corrected chi connectivity index (χ4v) is 2.42. The first-order valence-corrected chi connectivity index (χ1v) is 8.05. The minimum atomic E-state index is 0.660.